The maximum Gasteiger partial charge on any atom is 0.0653 e. The number of hydrogen-bond donors (Lipinski definition) is 1. The number of rotatable bonds is 3. The van der Waals surface area contributed by atoms with Gasteiger partial charge in [-0.25, -0.2) is 0 Å². The van der Waals surface area contributed by atoms with E-state index in [1.165, 1.54) is 36.0 Å². The minimum absolute atomic E-state index is 0.595. The van der Waals surface area contributed by atoms with E-state index in [9.17, 15) is 0 Å². The van der Waals surface area contributed by atoms with Crippen molar-refractivity contribution in [1.29, 1.82) is 0 Å². The van der Waals surface area contributed by atoms with Crippen molar-refractivity contribution in [2.75, 3.05) is 13.1 Å². The van der Waals surface area contributed by atoms with Crippen LogP contribution in [-0.4, -0.2) is 38.0 Å². The topological polar surface area (TPSA) is 49.7 Å². The maximum atomic E-state index is 4.32. The monoisotopic (exact) mass is 295 g/mol. The molecular weight excluding hydrogens is 274 g/mol. The molecule has 22 heavy (non-hydrogen) atoms. The van der Waals surface area contributed by atoms with E-state index in [0.29, 0.717) is 5.92 Å². The van der Waals surface area contributed by atoms with Crippen molar-refractivity contribution >= 4 is 10.9 Å². The Morgan fingerprint density at radius 1 is 1.32 bits per heavy atom. The Hall–Kier alpha value is -2.14. The molecule has 0 amide bonds. The highest BCUT2D eigenvalue weighted by atomic mass is 15.3. The van der Waals surface area contributed by atoms with Gasteiger partial charge in [0.1, 0.15) is 0 Å². The van der Waals surface area contributed by atoms with E-state index in [2.05, 4.69) is 44.5 Å². The summed E-state index contributed by atoms with van der Waals surface area (Å²) >= 11 is 0. The molecule has 5 nitrogen and oxygen atoms in total. The van der Waals surface area contributed by atoms with Crippen LogP contribution in [-0.2, 0) is 13.6 Å². The molecule has 3 heterocycles. The third-order valence-electron chi connectivity index (χ3n) is 4.70. The zero-order valence-corrected chi connectivity index (χ0v) is 12.9. The molecule has 1 saturated heterocycles. The third-order valence-corrected chi connectivity index (χ3v) is 4.70. The number of piperidine rings is 1. The standard InChI is InChI=1S/C17H21N5/c1-21-17(6-7-19-21)15-3-2-8-22(12-15)11-13-4-5-14-10-18-20-16(14)9-13/h4-7,9-10,15H,2-3,8,11-12H2,1H3,(H,18,20). The fraction of sp³-hybridized carbons (Fsp3) is 0.412. The Kier molecular flexibility index (Phi) is 3.42. The SMILES string of the molecule is Cn1nccc1C1CCCN(Cc2ccc3cn[nH]c3c2)C1. The molecule has 1 aliphatic rings. The Bertz CT molecular complexity index is 772. The lowest BCUT2D eigenvalue weighted by atomic mass is 9.94. The van der Waals surface area contributed by atoms with Crippen LogP contribution in [0, 0.1) is 0 Å². The molecule has 1 unspecified atom stereocenters. The van der Waals surface area contributed by atoms with Gasteiger partial charge in [0.2, 0.25) is 0 Å². The summed E-state index contributed by atoms with van der Waals surface area (Å²) in [7, 11) is 2.04. The van der Waals surface area contributed by atoms with Gasteiger partial charge >= 0.3 is 0 Å². The van der Waals surface area contributed by atoms with E-state index in [1.807, 2.05) is 24.1 Å². The number of hydrogen-bond acceptors (Lipinski definition) is 3. The number of nitrogens with one attached hydrogen (secondary N) is 1. The highest BCUT2D eigenvalue weighted by Gasteiger charge is 2.23. The van der Waals surface area contributed by atoms with Crippen LogP contribution >= 0.6 is 0 Å². The molecule has 2 aromatic heterocycles. The van der Waals surface area contributed by atoms with Gasteiger partial charge in [-0.2, -0.15) is 10.2 Å². The Balaban J connectivity index is 1.49. The fourth-order valence-electron chi connectivity index (χ4n) is 3.57. The normalized spacial score (nSPS) is 19.8. The van der Waals surface area contributed by atoms with E-state index in [4.69, 9.17) is 0 Å². The fourth-order valence-corrected chi connectivity index (χ4v) is 3.57. The van der Waals surface area contributed by atoms with Crippen LogP contribution in [0.5, 0.6) is 0 Å². The van der Waals surface area contributed by atoms with E-state index in [0.717, 1.165) is 18.6 Å². The molecular formula is C17H21N5. The second-order valence-corrected chi connectivity index (χ2v) is 6.25. The lowest BCUT2D eigenvalue weighted by Gasteiger charge is -2.32. The molecule has 0 spiro atoms. The number of aromatic nitrogens is 4. The average molecular weight is 295 g/mol. The smallest absolute Gasteiger partial charge is 0.0653 e. The van der Waals surface area contributed by atoms with Gasteiger partial charge in [0.25, 0.3) is 0 Å². The summed E-state index contributed by atoms with van der Waals surface area (Å²) in [6, 6.07) is 8.74. The first-order chi connectivity index (χ1) is 10.8. The second-order valence-electron chi connectivity index (χ2n) is 6.25. The summed E-state index contributed by atoms with van der Waals surface area (Å²) in [5.41, 5.74) is 3.83. The predicted molar refractivity (Wildman–Crippen MR) is 86.6 cm³/mol. The van der Waals surface area contributed by atoms with Crippen molar-refractivity contribution in [2.45, 2.75) is 25.3 Å². The van der Waals surface area contributed by atoms with Gasteiger partial charge in [-0.05, 0) is 37.1 Å². The molecule has 1 N–H and O–H groups in total. The van der Waals surface area contributed by atoms with Gasteiger partial charge in [-0.1, -0.05) is 12.1 Å². The molecule has 0 saturated carbocycles. The van der Waals surface area contributed by atoms with Crippen LogP contribution in [0.3, 0.4) is 0 Å². The van der Waals surface area contributed by atoms with Gasteiger partial charge in [0.15, 0.2) is 0 Å². The summed E-state index contributed by atoms with van der Waals surface area (Å²) in [5, 5.41) is 12.6. The molecule has 1 aliphatic heterocycles. The molecule has 1 aromatic carbocycles. The summed E-state index contributed by atoms with van der Waals surface area (Å²) < 4.78 is 2.02. The van der Waals surface area contributed by atoms with E-state index in [-0.39, 0.29) is 0 Å². The van der Waals surface area contributed by atoms with Crippen LogP contribution in [0.1, 0.15) is 30.0 Å². The van der Waals surface area contributed by atoms with Crippen molar-refractivity contribution in [3.63, 3.8) is 0 Å². The van der Waals surface area contributed by atoms with E-state index in [1.54, 1.807) is 0 Å². The summed E-state index contributed by atoms with van der Waals surface area (Å²) in [6.45, 7) is 3.29. The Morgan fingerprint density at radius 2 is 2.27 bits per heavy atom. The lowest BCUT2D eigenvalue weighted by molar-refractivity contribution is 0.196. The first kappa shape index (κ1) is 13.5. The van der Waals surface area contributed by atoms with Crippen LogP contribution < -0.4 is 0 Å². The zero-order valence-electron chi connectivity index (χ0n) is 12.9. The number of aryl methyl sites for hydroxylation is 1. The van der Waals surface area contributed by atoms with Gasteiger partial charge in [0, 0.05) is 43.3 Å². The quantitative estimate of drug-likeness (QED) is 0.808. The number of H-pyrrole nitrogens is 1. The van der Waals surface area contributed by atoms with Crippen LogP contribution in [0.4, 0.5) is 0 Å². The molecule has 4 rings (SSSR count). The van der Waals surface area contributed by atoms with Crippen molar-refractivity contribution in [3.05, 3.63) is 47.9 Å². The average Bonchev–Trinajstić information content (AvgIpc) is 3.15. The highest BCUT2D eigenvalue weighted by Crippen LogP contribution is 2.27. The van der Waals surface area contributed by atoms with Crippen LogP contribution in [0.25, 0.3) is 10.9 Å². The number of nitrogens with zero attached hydrogens (tertiary/aromatic N) is 4. The molecule has 0 radical (unpaired) electrons. The highest BCUT2D eigenvalue weighted by molar-refractivity contribution is 5.78. The minimum Gasteiger partial charge on any atom is -0.298 e. The van der Waals surface area contributed by atoms with Crippen LogP contribution in [0.15, 0.2) is 36.7 Å². The van der Waals surface area contributed by atoms with E-state index >= 15 is 0 Å². The second kappa shape index (κ2) is 5.57. The first-order valence-electron chi connectivity index (χ1n) is 7.92. The van der Waals surface area contributed by atoms with Gasteiger partial charge < -0.3 is 0 Å². The molecule has 1 fully saturated rings. The number of aromatic amines is 1. The molecule has 5 heteroatoms. The molecule has 114 valence electrons. The molecule has 1 atom stereocenters. The van der Waals surface area contributed by atoms with Crippen molar-refractivity contribution in [3.8, 4) is 0 Å². The largest absolute Gasteiger partial charge is 0.298 e. The Morgan fingerprint density at radius 3 is 3.14 bits per heavy atom. The molecule has 0 bridgehead atoms. The third kappa shape index (κ3) is 2.52. The number of likely N-dealkylation sites (tertiary alicyclic amines) is 1. The van der Waals surface area contributed by atoms with Crippen molar-refractivity contribution in [1.82, 2.24) is 24.9 Å². The minimum atomic E-state index is 0.595. The van der Waals surface area contributed by atoms with Crippen molar-refractivity contribution in [2.24, 2.45) is 7.05 Å². The summed E-state index contributed by atoms with van der Waals surface area (Å²) in [4.78, 5) is 2.55. The van der Waals surface area contributed by atoms with Gasteiger partial charge in [-0.3, -0.25) is 14.7 Å². The molecule has 3 aromatic rings. The number of benzene rings is 1. The Labute approximate surface area is 129 Å². The predicted octanol–water partition coefficient (Wildman–Crippen LogP) is 2.68. The van der Waals surface area contributed by atoms with Gasteiger partial charge in [0.05, 0.1) is 11.7 Å². The van der Waals surface area contributed by atoms with Gasteiger partial charge in [-0.15, -0.1) is 0 Å². The van der Waals surface area contributed by atoms with E-state index < -0.39 is 0 Å². The number of fused-ring (bicyclic) bond motifs is 1. The maximum absolute atomic E-state index is 4.32. The van der Waals surface area contributed by atoms with Crippen molar-refractivity contribution < 1.29 is 0 Å². The molecule has 0 aliphatic carbocycles. The summed E-state index contributed by atoms with van der Waals surface area (Å²) in [5.74, 6) is 0.595. The lowest BCUT2D eigenvalue weighted by Crippen LogP contribution is -2.34. The summed E-state index contributed by atoms with van der Waals surface area (Å²) in [6.07, 6.45) is 6.29. The zero-order chi connectivity index (χ0) is 14.9. The van der Waals surface area contributed by atoms with Crippen LogP contribution in [0.2, 0.25) is 0 Å². The first-order valence-corrected chi connectivity index (χ1v) is 7.92.